The Morgan fingerprint density at radius 2 is 2.24 bits per heavy atom. The van der Waals surface area contributed by atoms with Gasteiger partial charge in [0.15, 0.2) is 6.29 Å². The summed E-state index contributed by atoms with van der Waals surface area (Å²) in [6.45, 7) is 2.02. The molecule has 0 radical (unpaired) electrons. The molecule has 0 aromatic heterocycles. The number of nitrogens with two attached hydrogens (primary N) is 1. The Kier molecular flexibility index (Phi) is 3.11. The highest BCUT2D eigenvalue weighted by Gasteiger charge is 2.22. The predicted octanol–water partition coefficient (Wildman–Crippen LogP) is 2.92. The fourth-order valence-electron chi connectivity index (χ4n) is 2.07. The third kappa shape index (κ3) is 2.61. The van der Waals surface area contributed by atoms with Crippen LogP contribution in [0.25, 0.3) is 5.57 Å². The summed E-state index contributed by atoms with van der Waals surface area (Å²) in [7, 11) is 0. The van der Waals surface area contributed by atoms with Crippen molar-refractivity contribution in [2.24, 2.45) is 5.73 Å². The molecule has 2 nitrogen and oxygen atoms in total. The summed E-state index contributed by atoms with van der Waals surface area (Å²) in [4.78, 5) is 10.5. The number of aldehydes is 1. The molecule has 0 aliphatic heterocycles. The third-order valence-electron chi connectivity index (χ3n) is 3.28. The van der Waals surface area contributed by atoms with Crippen LogP contribution in [0.5, 0.6) is 0 Å². The number of hydrogen-bond donors (Lipinski definition) is 1. The number of allylic oxidation sites excluding steroid dienone is 1. The van der Waals surface area contributed by atoms with Crippen LogP contribution in [0.4, 0.5) is 4.39 Å². The van der Waals surface area contributed by atoms with Crippen molar-refractivity contribution < 1.29 is 9.18 Å². The summed E-state index contributed by atoms with van der Waals surface area (Å²) in [6, 6.07) is 4.74. The fraction of sp³-hybridized carbons (Fsp3) is 0.357. The monoisotopic (exact) mass is 233 g/mol. The van der Waals surface area contributed by atoms with E-state index in [0.717, 1.165) is 30.4 Å². The van der Waals surface area contributed by atoms with Crippen LogP contribution in [-0.4, -0.2) is 11.8 Å². The third-order valence-corrected chi connectivity index (χ3v) is 3.28. The van der Waals surface area contributed by atoms with Gasteiger partial charge in [0, 0.05) is 5.54 Å². The van der Waals surface area contributed by atoms with Gasteiger partial charge in [-0.25, -0.2) is 4.39 Å². The first kappa shape index (κ1) is 12.0. The van der Waals surface area contributed by atoms with Crippen LogP contribution < -0.4 is 5.73 Å². The summed E-state index contributed by atoms with van der Waals surface area (Å²) in [5.74, 6) is -0.459. The Bertz CT molecular complexity index is 477. The summed E-state index contributed by atoms with van der Waals surface area (Å²) < 4.78 is 13.5. The van der Waals surface area contributed by atoms with Gasteiger partial charge in [-0.15, -0.1) is 0 Å². The van der Waals surface area contributed by atoms with Crippen LogP contribution in [0, 0.1) is 5.82 Å². The molecule has 90 valence electrons. The molecule has 0 spiro atoms. The standard InChI is InChI=1S/C14H16FNO/c1-14(16)6-4-10(5-7-14)11-2-3-12(9-17)13(15)8-11/h2-4,8-9H,5-7,16H2,1H3. The molecule has 1 aromatic rings. The molecule has 1 atom stereocenters. The van der Waals surface area contributed by atoms with Crippen molar-refractivity contribution in [3.05, 3.63) is 41.2 Å². The molecule has 0 heterocycles. The van der Waals surface area contributed by atoms with Gasteiger partial charge < -0.3 is 5.73 Å². The van der Waals surface area contributed by atoms with E-state index in [4.69, 9.17) is 5.73 Å². The molecule has 1 aromatic carbocycles. The zero-order valence-electron chi connectivity index (χ0n) is 9.87. The van der Waals surface area contributed by atoms with Crippen molar-refractivity contribution in [2.45, 2.75) is 31.7 Å². The molecule has 0 saturated heterocycles. The predicted molar refractivity (Wildman–Crippen MR) is 66.2 cm³/mol. The fourth-order valence-corrected chi connectivity index (χ4v) is 2.07. The first-order valence-electron chi connectivity index (χ1n) is 5.75. The maximum atomic E-state index is 13.5. The van der Waals surface area contributed by atoms with E-state index in [9.17, 15) is 9.18 Å². The van der Waals surface area contributed by atoms with Crippen LogP contribution in [0.15, 0.2) is 24.3 Å². The zero-order valence-corrected chi connectivity index (χ0v) is 9.87. The lowest BCUT2D eigenvalue weighted by atomic mass is 9.82. The lowest BCUT2D eigenvalue weighted by Crippen LogP contribution is -2.37. The summed E-state index contributed by atoms with van der Waals surface area (Å²) in [5.41, 5.74) is 7.95. The topological polar surface area (TPSA) is 43.1 Å². The van der Waals surface area contributed by atoms with Crippen LogP contribution in [0.2, 0.25) is 0 Å². The van der Waals surface area contributed by atoms with Gasteiger partial charge in [0.25, 0.3) is 0 Å². The number of hydrogen-bond acceptors (Lipinski definition) is 2. The molecule has 0 saturated carbocycles. The first-order chi connectivity index (χ1) is 8.02. The van der Waals surface area contributed by atoms with Gasteiger partial charge in [0.2, 0.25) is 0 Å². The zero-order chi connectivity index (χ0) is 12.5. The van der Waals surface area contributed by atoms with Crippen molar-refractivity contribution in [3.8, 4) is 0 Å². The van der Waals surface area contributed by atoms with E-state index < -0.39 is 5.82 Å². The maximum absolute atomic E-state index is 13.5. The SMILES string of the molecule is CC1(N)CC=C(c2ccc(C=O)c(F)c2)CC1. The Hall–Kier alpha value is -1.48. The van der Waals surface area contributed by atoms with Crippen molar-refractivity contribution in [1.29, 1.82) is 0 Å². The second-order valence-electron chi connectivity index (χ2n) is 4.94. The number of carbonyl (C=O) groups is 1. The van der Waals surface area contributed by atoms with E-state index in [1.807, 2.05) is 6.92 Å². The van der Waals surface area contributed by atoms with E-state index >= 15 is 0 Å². The highest BCUT2D eigenvalue weighted by Crippen LogP contribution is 2.31. The molecular formula is C14H16FNO. The van der Waals surface area contributed by atoms with E-state index in [1.54, 1.807) is 6.07 Å². The molecule has 0 bridgehead atoms. The van der Waals surface area contributed by atoms with E-state index in [0.29, 0.717) is 6.29 Å². The average Bonchev–Trinajstić information content (AvgIpc) is 2.29. The van der Waals surface area contributed by atoms with Crippen molar-refractivity contribution in [1.82, 2.24) is 0 Å². The Morgan fingerprint density at radius 3 is 2.76 bits per heavy atom. The Balaban J connectivity index is 2.27. The Labute approximate surface area is 100 Å². The number of carbonyl (C=O) groups excluding carboxylic acids is 1. The summed E-state index contributed by atoms with van der Waals surface area (Å²) in [5, 5.41) is 0. The second kappa shape index (κ2) is 4.41. The summed E-state index contributed by atoms with van der Waals surface area (Å²) >= 11 is 0. The minimum atomic E-state index is -0.459. The molecule has 2 N–H and O–H groups in total. The van der Waals surface area contributed by atoms with Gasteiger partial charge in [-0.05, 0) is 49.5 Å². The van der Waals surface area contributed by atoms with E-state index in [-0.39, 0.29) is 11.1 Å². The van der Waals surface area contributed by atoms with Gasteiger partial charge >= 0.3 is 0 Å². The second-order valence-corrected chi connectivity index (χ2v) is 4.94. The highest BCUT2D eigenvalue weighted by atomic mass is 19.1. The molecular weight excluding hydrogens is 217 g/mol. The number of benzene rings is 1. The molecule has 1 aliphatic carbocycles. The molecule has 1 unspecified atom stereocenters. The number of rotatable bonds is 2. The normalized spacial score (nSPS) is 24.3. The quantitative estimate of drug-likeness (QED) is 0.798. The molecule has 2 rings (SSSR count). The van der Waals surface area contributed by atoms with Crippen LogP contribution in [0.1, 0.15) is 42.1 Å². The lowest BCUT2D eigenvalue weighted by Gasteiger charge is -2.28. The minimum Gasteiger partial charge on any atom is -0.325 e. The van der Waals surface area contributed by atoms with Crippen LogP contribution in [-0.2, 0) is 0 Å². The van der Waals surface area contributed by atoms with Gasteiger partial charge in [-0.2, -0.15) is 0 Å². The largest absolute Gasteiger partial charge is 0.325 e. The van der Waals surface area contributed by atoms with Crippen LogP contribution >= 0.6 is 0 Å². The smallest absolute Gasteiger partial charge is 0.152 e. The molecule has 0 amide bonds. The molecule has 17 heavy (non-hydrogen) atoms. The van der Waals surface area contributed by atoms with E-state index in [2.05, 4.69) is 6.08 Å². The van der Waals surface area contributed by atoms with Crippen LogP contribution in [0.3, 0.4) is 0 Å². The first-order valence-corrected chi connectivity index (χ1v) is 5.75. The summed E-state index contributed by atoms with van der Waals surface area (Å²) in [6.07, 6.45) is 5.16. The van der Waals surface area contributed by atoms with E-state index in [1.165, 1.54) is 12.1 Å². The minimum absolute atomic E-state index is 0.105. The van der Waals surface area contributed by atoms with Crippen molar-refractivity contribution in [3.63, 3.8) is 0 Å². The maximum Gasteiger partial charge on any atom is 0.152 e. The van der Waals surface area contributed by atoms with Gasteiger partial charge in [-0.1, -0.05) is 12.1 Å². The molecule has 0 fully saturated rings. The van der Waals surface area contributed by atoms with Gasteiger partial charge in [0.1, 0.15) is 5.82 Å². The Morgan fingerprint density at radius 1 is 1.47 bits per heavy atom. The average molecular weight is 233 g/mol. The van der Waals surface area contributed by atoms with Crippen molar-refractivity contribution in [2.75, 3.05) is 0 Å². The van der Waals surface area contributed by atoms with Gasteiger partial charge in [-0.3, -0.25) is 4.79 Å². The van der Waals surface area contributed by atoms with Crippen molar-refractivity contribution >= 4 is 11.9 Å². The number of halogens is 1. The molecule has 3 heteroatoms. The molecule has 1 aliphatic rings. The lowest BCUT2D eigenvalue weighted by molar-refractivity contribution is 0.112. The van der Waals surface area contributed by atoms with Gasteiger partial charge in [0.05, 0.1) is 5.56 Å². The highest BCUT2D eigenvalue weighted by molar-refractivity contribution is 5.77.